The van der Waals surface area contributed by atoms with Gasteiger partial charge in [-0.3, -0.25) is 0 Å². The molecule has 1 aliphatic heterocycles. The summed E-state index contributed by atoms with van der Waals surface area (Å²) in [7, 11) is 1.66. The molecule has 3 heterocycles. The van der Waals surface area contributed by atoms with Crippen LogP contribution < -0.4 is 15.4 Å². The van der Waals surface area contributed by atoms with Crippen molar-refractivity contribution in [2.24, 2.45) is 0 Å². The van der Waals surface area contributed by atoms with E-state index in [1.54, 1.807) is 7.11 Å². The zero-order valence-electron chi connectivity index (χ0n) is 14.5. The second-order valence-corrected chi connectivity index (χ2v) is 6.33. The number of nitrogens with zero attached hydrogens (tertiary/aromatic N) is 4. The third-order valence-electron chi connectivity index (χ3n) is 4.62. The molecule has 1 fully saturated rings. The van der Waals surface area contributed by atoms with Crippen LogP contribution >= 0.6 is 0 Å². The number of methoxy groups -OCH3 is 1. The molecule has 1 saturated heterocycles. The van der Waals surface area contributed by atoms with Gasteiger partial charge in [-0.15, -0.1) is 0 Å². The fourth-order valence-corrected chi connectivity index (χ4v) is 3.38. The van der Waals surface area contributed by atoms with Gasteiger partial charge in [0.2, 0.25) is 5.95 Å². The molecule has 4 rings (SSSR count). The molecule has 0 atom stereocenters. The lowest BCUT2D eigenvalue weighted by Crippen LogP contribution is -2.19. The molecule has 1 aliphatic rings. The van der Waals surface area contributed by atoms with Crippen LogP contribution in [0.4, 0.5) is 11.8 Å². The van der Waals surface area contributed by atoms with E-state index in [4.69, 9.17) is 10.5 Å². The number of aromatic nitrogens is 3. The first kappa shape index (κ1) is 15.6. The minimum Gasteiger partial charge on any atom is -0.494 e. The van der Waals surface area contributed by atoms with E-state index >= 15 is 0 Å². The number of benzene rings is 1. The highest BCUT2D eigenvalue weighted by Crippen LogP contribution is 2.34. The maximum absolute atomic E-state index is 6.00. The van der Waals surface area contributed by atoms with Crippen molar-refractivity contribution in [2.75, 3.05) is 30.8 Å². The summed E-state index contributed by atoms with van der Waals surface area (Å²) in [5, 5.41) is 0.996. The third-order valence-corrected chi connectivity index (χ3v) is 4.62. The average Bonchev–Trinajstić information content (AvgIpc) is 3.15. The van der Waals surface area contributed by atoms with E-state index < -0.39 is 0 Å². The van der Waals surface area contributed by atoms with Crippen molar-refractivity contribution in [3.05, 3.63) is 36.0 Å². The summed E-state index contributed by atoms with van der Waals surface area (Å²) in [6.45, 7) is 4.00. The maximum atomic E-state index is 6.00. The molecule has 0 radical (unpaired) electrons. The van der Waals surface area contributed by atoms with Crippen LogP contribution in [0.3, 0.4) is 0 Å². The van der Waals surface area contributed by atoms with Crippen LogP contribution in [0.2, 0.25) is 0 Å². The molecule has 0 amide bonds. The Morgan fingerprint density at radius 1 is 1.04 bits per heavy atom. The van der Waals surface area contributed by atoms with Gasteiger partial charge in [0.1, 0.15) is 17.1 Å². The topological polar surface area (TPSA) is 77.2 Å². The largest absolute Gasteiger partial charge is 0.494 e. The van der Waals surface area contributed by atoms with Crippen LogP contribution in [0.5, 0.6) is 5.75 Å². The molecular weight excluding hydrogens is 314 g/mol. The fraction of sp³-hybridized carbons (Fsp3) is 0.316. The lowest BCUT2D eigenvalue weighted by Gasteiger charge is -2.18. The smallest absolute Gasteiger partial charge is 0.222 e. The van der Waals surface area contributed by atoms with Crippen LogP contribution in [-0.4, -0.2) is 35.2 Å². The Morgan fingerprint density at radius 3 is 2.60 bits per heavy atom. The van der Waals surface area contributed by atoms with Gasteiger partial charge in [-0.2, -0.15) is 4.98 Å². The predicted octanol–water partition coefficient (Wildman–Crippen LogP) is 3.19. The highest BCUT2D eigenvalue weighted by atomic mass is 16.5. The molecule has 25 heavy (non-hydrogen) atoms. The van der Waals surface area contributed by atoms with Crippen LogP contribution in [0.25, 0.3) is 22.2 Å². The molecule has 6 nitrogen and oxygen atoms in total. The second-order valence-electron chi connectivity index (χ2n) is 6.33. The molecule has 1 aromatic carbocycles. The lowest BCUT2D eigenvalue weighted by atomic mass is 10.0. The van der Waals surface area contributed by atoms with Crippen molar-refractivity contribution < 1.29 is 4.74 Å². The Labute approximate surface area is 146 Å². The molecule has 128 valence electrons. The van der Waals surface area contributed by atoms with Gasteiger partial charge >= 0.3 is 0 Å². The van der Waals surface area contributed by atoms with Crippen molar-refractivity contribution in [2.45, 2.75) is 19.8 Å². The SMILES string of the molecule is COc1ccc(-c2cc(N3CCCC3)nc(N)n2)c2ccc(C)nc12. The normalized spacial score (nSPS) is 14.2. The Balaban J connectivity index is 1.90. The van der Waals surface area contributed by atoms with Crippen LogP contribution in [0.15, 0.2) is 30.3 Å². The average molecular weight is 335 g/mol. The molecule has 0 aliphatic carbocycles. The summed E-state index contributed by atoms with van der Waals surface area (Å²) in [6, 6.07) is 10.0. The summed E-state index contributed by atoms with van der Waals surface area (Å²) in [4.78, 5) is 15.8. The molecule has 0 unspecified atom stereocenters. The first-order valence-corrected chi connectivity index (χ1v) is 8.50. The highest BCUT2D eigenvalue weighted by Gasteiger charge is 2.17. The Hall–Kier alpha value is -2.89. The number of nitrogen functional groups attached to an aromatic ring is 1. The number of hydrogen-bond acceptors (Lipinski definition) is 6. The van der Waals surface area contributed by atoms with Gasteiger partial charge in [0, 0.05) is 35.8 Å². The summed E-state index contributed by atoms with van der Waals surface area (Å²) < 4.78 is 5.47. The van der Waals surface area contributed by atoms with Crippen molar-refractivity contribution in [3.63, 3.8) is 0 Å². The Bertz CT molecular complexity index is 934. The summed E-state index contributed by atoms with van der Waals surface area (Å²) in [5.74, 6) is 1.94. The first-order chi connectivity index (χ1) is 12.2. The van der Waals surface area contributed by atoms with E-state index in [-0.39, 0.29) is 0 Å². The summed E-state index contributed by atoms with van der Waals surface area (Å²) >= 11 is 0. The number of fused-ring (bicyclic) bond motifs is 1. The monoisotopic (exact) mass is 335 g/mol. The van der Waals surface area contributed by atoms with Gasteiger partial charge in [-0.05, 0) is 38.0 Å². The predicted molar refractivity (Wildman–Crippen MR) is 99.9 cm³/mol. The molecule has 0 bridgehead atoms. The van der Waals surface area contributed by atoms with Gasteiger partial charge in [0.25, 0.3) is 0 Å². The first-order valence-electron chi connectivity index (χ1n) is 8.50. The third kappa shape index (κ3) is 2.84. The lowest BCUT2D eigenvalue weighted by molar-refractivity contribution is 0.419. The number of aryl methyl sites for hydroxylation is 1. The van der Waals surface area contributed by atoms with E-state index in [2.05, 4.69) is 25.9 Å². The zero-order chi connectivity index (χ0) is 17.4. The van der Waals surface area contributed by atoms with E-state index in [0.29, 0.717) is 5.95 Å². The molecule has 0 saturated carbocycles. The van der Waals surface area contributed by atoms with Gasteiger partial charge in [0.05, 0.1) is 12.8 Å². The summed E-state index contributed by atoms with van der Waals surface area (Å²) in [5.41, 5.74) is 9.58. The number of pyridine rings is 1. The number of hydrogen-bond donors (Lipinski definition) is 1. The standard InChI is InChI=1S/C19H21N5O/c1-12-5-6-14-13(7-8-16(25-2)18(14)21-12)15-11-17(23-19(20)22-15)24-9-3-4-10-24/h5-8,11H,3-4,9-10H2,1-2H3,(H2,20,22,23). The Morgan fingerprint density at radius 2 is 1.84 bits per heavy atom. The molecule has 3 aromatic rings. The molecule has 2 aromatic heterocycles. The molecular formula is C19H21N5O. The van der Waals surface area contributed by atoms with Crippen molar-refractivity contribution >= 4 is 22.7 Å². The van der Waals surface area contributed by atoms with Gasteiger partial charge in [-0.1, -0.05) is 6.07 Å². The van der Waals surface area contributed by atoms with E-state index in [0.717, 1.165) is 52.5 Å². The number of rotatable bonds is 3. The van der Waals surface area contributed by atoms with Gasteiger partial charge < -0.3 is 15.4 Å². The number of anilines is 2. The van der Waals surface area contributed by atoms with Gasteiger partial charge in [0.15, 0.2) is 0 Å². The minimum absolute atomic E-state index is 0.295. The molecule has 6 heteroatoms. The van der Waals surface area contributed by atoms with Crippen molar-refractivity contribution in [3.8, 4) is 17.0 Å². The van der Waals surface area contributed by atoms with E-state index in [1.165, 1.54) is 12.8 Å². The fourth-order valence-electron chi connectivity index (χ4n) is 3.38. The number of nitrogens with two attached hydrogens (primary N) is 1. The summed E-state index contributed by atoms with van der Waals surface area (Å²) in [6.07, 6.45) is 2.38. The van der Waals surface area contributed by atoms with E-state index in [1.807, 2.05) is 31.2 Å². The quantitative estimate of drug-likeness (QED) is 0.792. The molecule has 0 spiro atoms. The second kappa shape index (κ2) is 6.20. The van der Waals surface area contributed by atoms with Crippen molar-refractivity contribution in [1.82, 2.24) is 15.0 Å². The maximum Gasteiger partial charge on any atom is 0.222 e. The van der Waals surface area contributed by atoms with Crippen molar-refractivity contribution in [1.29, 1.82) is 0 Å². The minimum atomic E-state index is 0.295. The van der Waals surface area contributed by atoms with Crippen LogP contribution in [-0.2, 0) is 0 Å². The highest BCUT2D eigenvalue weighted by molar-refractivity contribution is 5.97. The number of ether oxygens (including phenoxy) is 1. The molecule has 2 N–H and O–H groups in total. The van der Waals surface area contributed by atoms with Crippen LogP contribution in [0, 0.1) is 6.92 Å². The Kier molecular flexibility index (Phi) is 3.87. The van der Waals surface area contributed by atoms with Crippen LogP contribution in [0.1, 0.15) is 18.5 Å². The zero-order valence-corrected chi connectivity index (χ0v) is 14.5. The van der Waals surface area contributed by atoms with E-state index in [9.17, 15) is 0 Å². The van der Waals surface area contributed by atoms with Gasteiger partial charge in [-0.25, -0.2) is 9.97 Å².